The highest BCUT2D eigenvalue weighted by Gasteiger charge is 2.36. The molecule has 0 aromatic heterocycles. The van der Waals surface area contributed by atoms with Gasteiger partial charge >= 0.3 is 5.97 Å². The number of methoxy groups -OCH3 is 2. The number of nitrogens with one attached hydrogen (secondary N) is 1. The number of carbonyl (C=O) groups excluding carboxylic acids is 3. The van der Waals surface area contributed by atoms with E-state index in [1.807, 2.05) is 0 Å². The molecule has 10 nitrogen and oxygen atoms in total. The van der Waals surface area contributed by atoms with Gasteiger partial charge in [-0.3, -0.25) is 19.3 Å². The number of carboxylic acids is 1. The third-order valence-electron chi connectivity index (χ3n) is 4.69. The maximum Gasteiger partial charge on any atom is 0.344 e. The molecule has 1 fully saturated rings. The van der Waals surface area contributed by atoms with E-state index in [-0.39, 0.29) is 16.4 Å². The van der Waals surface area contributed by atoms with Gasteiger partial charge in [0, 0.05) is 5.69 Å². The number of imide groups is 1. The number of amides is 3. The van der Waals surface area contributed by atoms with E-state index in [4.69, 9.17) is 19.3 Å². The van der Waals surface area contributed by atoms with Crippen LogP contribution in [0.5, 0.6) is 17.2 Å². The van der Waals surface area contributed by atoms with Gasteiger partial charge in [0.25, 0.3) is 11.1 Å². The number of ether oxygens (including phenoxy) is 3. The standard InChI is InChI=1S/C23H22N2O8S/c1-13(22(28)29)33-17-9-4-14(10-18(17)32-3)11-19-21(27)25(23(30)34-19)12-20(26)24-15-5-7-16(31-2)8-6-15/h4-11,13H,12H2,1-3H3,(H,24,26)(H,28,29)/b19-11-/t13-/m0/s1. The van der Waals surface area contributed by atoms with Gasteiger partial charge < -0.3 is 24.6 Å². The van der Waals surface area contributed by atoms with Gasteiger partial charge in [0.2, 0.25) is 5.91 Å². The predicted molar refractivity (Wildman–Crippen MR) is 125 cm³/mol. The molecule has 0 aliphatic carbocycles. The summed E-state index contributed by atoms with van der Waals surface area (Å²) >= 11 is 0.714. The molecule has 3 rings (SSSR count). The second-order valence-corrected chi connectivity index (χ2v) is 8.05. The molecule has 11 heteroatoms. The Balaban J connectivity index is 1.69. The maximum atomic E-state index is 12.7. The lowest BCUT2D eigenvalue weighted by atomic mass is 10.2. The molecule has 0 spiro atoms. The first-order valence-corrected chi connectivity index (χ1v) is 10.8. The third-order valence-corrected chi connectivity index (χ3v) is 5.59. The second-order valence-electron chi connectivity index (χ2n) is 7.05. The van der Waals surface area contributed by atoms with Crippen molar-refractivity contribution in [2.75, 3.05) is 26.1 Å². The van der Waals surface area contributed by atoms with Crippen LogP contribution in [0.4, 0.5) is 10.5 Å². The fraction of sp³-hybridized carbons (Fsp3) is 0.217. The Kier molecular flexibility index (Phi) is 7.79. The van der Waals surface area contributed by atoms with Gasteiger partial charge in [-0.05, 0) is 66.7 Å². The van der Waals surface area contributed by atoms with Crippen LogP contribution < -0.4 is 19.5 Å². The van der Waals surface area contributed by atoms with Crippen LogP contribution in [0.1, 0.15) is 12.5 Å². The van der Waals surface area contributed by atoms with E-state index in [9.17, 15) is 19.2 Å². The van der Waals surface area contributed by atoms with E-state index < -0.39 is 35.7 Å². The van der Waals surface area contributed by atoms with Crippen molar-refractivity contribution in [1.82, 2.24) is 4.90 Å². The van der Waals surface area contributed by atoms with Crippen LogP contribution in [0.15, 0.2) is 47.4 Å². The number of hydrogen-bond donors (Lipinski definition) is 2. The minimum Gasteiger partial charge on any atom is -0.497 e. The van der Waals surface area contributed by atoms with Crippen molar-refractivity contribution in [3.63, 3.8) is 0 Å². The molecule has 0 unspecified atom stereocenters. The molecule has 1 atom stereocenters. The molecule has 1 aliphatic rings. The molecule has 1 saturated heterocycles. The van der Waals surface area contributed by atoms with Gasteiger partial charge in [-0.2, -0.15) is 0 Å². The molecule has 34 heavy (non-hydrogen) atoms. The molecule has 0 bridgehead atoms. The summed E-state index contributed by atoms with van der Waals surface area (Å²) in [6.07, 6.45) is 0.402. The highest BCUT2D eigenvalue weighted by atomic mass is 32.2. The Morgan fingerprint density at radius 2 is 1.79 bits per heavy atom. The van der Waals surface area contributed by atoms with E-state index in [0.29, 0.717) is 28.8 Å². The maximum absolute atomic E-state index is 12.7. The monoisotopic (exact) mass is 486 g/mol. The number of benzene rings is 2. The molecule has 3 amide bonds. The predicted octanol–water partition coefficient (Wildman–Crippen LogP) is 3.23. The molecule has 2 N–H and O–H groups in total. The van der Waals surface area contributed by atoms with Crippen LogP contribution in [0.25, 0.3) is 6.08 Å². The lowest BCUT2D eigenvalue weighted by molar-refractivity contribution is -0.144. The molecule has 1 aliphatic heterocycles. The van der Waals surface area contributed by atoms with E-state index in [1.54, 1.807) is 36.4 Å². The second kappa shape index (κ2) is 10.8. The molecule has 2 aromatic carbocycles. The first-order valence-electron chi connectivity index (χ1n) is 9.98. The Morgan fingerprint density at radius 1 is 1.09 bits per heavy atom. The summed E-state index contributed by atoms with van der Waals surface area (Å²) in [5.41, 5.74) is 1.03. The largest absolute Gasteiger partial charge is 0.497 e. The normalized spacial score (nSPS) is 15.3. The van der Waals surface area contributed by atoms with Crippen molar-refractivity contribution < 1.29 is 38.5 Å². The van der Waals surface area contributed by atoms with E-state index in [0.717, 1.165) is 4.90 Å². The van der Waals surface area contributed by atoms with E-state index >= 15 is 0 Å². The van der Waals surface area contributed by atoms with Gasteiger partial charge in [-0.25, -0.2) is 4.79 Å². The third kappa shape index (κ3) is 5.87. The zero-order valence-corrected chi connectivity index (χ0v) is 19.4. The van der Waals surface area contributed by atoms with Crippen LogP contribution in [0.3, 0.4) is 0 Å². The topological polar surface area (TPSA) is 131 Å². The Bertz CT molecular complexity index is 1150. The molecular formula is C23H22N2O8S. The number of hydrogen-bond acceptors (Lipinski definition) is 8. The fourth-order valence-corrected chi connectivity index (χ4v) is 3.76. The van der Waals surface area contributed by atoms with Crippen LogP contribution in [0.2, 0.25) is 0 Å². The minimum atomic E-state index is -1.13. The zero-order chi connectivity index (χ0) is 24.8. The van der Waals surface area contributed by atoms with Crippen LogP contribution in [0, 0.1) is 0 Å². The smallest absolute Gasteiger partial charge is 0.344 e. The lowest BCUT2D eigenvalue weighted by Crippen LogP contribution is -2.36. The van der Waals surface area contributed by atoms with Crippen molar-refractivity contribution in [1.29, 1.82) is 0 Å². The molecule has 2 aromatic rings. The minimum absolute atomic E-state index is 0.136. The number of aliphatic carboxylic acids is 1. The summed E-state index contributed by atoms with van der Waals surface area (Å²) < 4.78 is 15.7. The molecular weight excluding hydrogens is 464 g/mol. The van der Waals surface area contributed by atoms with E-state index in [2.05, 4.69) is 5.32 Å². The van der Waals surface area contributed by atoms with Crippen molar-refractivity contribution >= 4 is 46.5 Å². The Morgan fingerprint density at radius 3 is 2.41 bits per heavy atom. The molecule has 0 radical (unpaired) electrons. The highest BCUT2D eigenvalue weighted by molar-refractivity contribution is 8.18. The summed E-state index contributed by atoms with van der Waals surface area (Å²) in [5, 5.41) is 11.1. The van der Waals surface area contributed by atoms with Crippen LogP contribution in [-0.4, -0.2) is 59.9 Å². The summed E-state index contributed by atoms with van der Waals surface area (Å²) in [4.78, 5) is 49.4. The summed E-state index contributed by atoms with van der Waals surface area (Å²) in [7, 11) is 2.92. The fourth-order valence-electron chi connectivity index (χ4n) is 2.92. The van der Waals surface area contributed by atoms with Crippen LogP contribution in [-0.2, 0) is 14.4 Å². The number of rotatable bonds is 9. The number of carboxylic acid groups (broad SMARTS) is 1. The average Bonchev–Trinajstić information content (AvgIpc) is 3.07. The van der Waals surface area contributed by atoms with Gasteiger partial charge in [0.1, 0.15) is 12.3 Å². The highest BCUT2D eigenvalue weighted by Crippen LogP contribution is 2.34. The van der Waals surface area contributed by atoms with Gasteiger partial charge in [-0.15, -0.1) is 0 Å². The molecule has 1 heterocycles. The lowest BCUT2D eigenvalue weighted by Gasteiger charge is -2.14. The first-order chi connectivity index (χ1) is 16.2. The summed E-state index contributed by atoms with van der Waals surface area (Å²) in [5.74, 6) is -1.14. The molecule has 178 valence electrons. The zero-order valence-electron chi connectivity index (χ0n) is 18.6. The van der Waals surface area contributed by atoms with Gasteiger partial charge in [0.15, 0.2) is 17.6 Å². The Hall–Kier alpha value is -3.99. The Labute approximate surface area is 199 Å². The van der Waals surface area contributed by atoms with Crippen molar-refractivity contribution in [3.8, 4) is 17.2 Å². The summed E-state index contributed by atoms with van der Waals surface area (Å²) in [6, 6.07) is 11.3. The average molecular weight is 487 g/mol. The first kappa shape index (κ1) is 24.6. The SMILES string of the molecule is COc1ccc(NC(=O)CN2C(=O)S/C(=C\c3ccc(O[C@@H](C)C(=O)O)c(OC)c3)C2=O)cc1. The van der Waals surface area contributed by atoms with Gasteiger partial charge in [-0.1, -0.05) is 6.07 Å². The summed E-state index contributed by atoms with van der Waals surface area (Å²) in [6.45, 7) is 0.952. The molecule has 0 saturated carbocycles. The quantitative estimate of drug-likeness (QED) is 0.513. The van der Waals surface area contributed by atoms with E-state index in [1.165, 1.54) is 33.3 Å². The van der Waals surface area contributed by atoms with Crippen molar-refractivity contribution in [2.45, 2.75) is 13.0 Å². The number of carbonyl (C=O) groups is 4. The van der Waals surface area contributed by atoms with Crippen molar-refractivity contribution in [2.24, 2.45) is 0 Å². The van der Waals surface area contributed by atoms with Crippen LogP contribution >= 0.6 is 11.8 Å². The number of anilines is 1. The number of nitrogens with zero attached hydrogens (tertiary/aromatic N) is 1. The van der Waals surface area contributed by atoms with Crippen molar-refractivity contribution in [3.05, 3.63) is 52.9 Å². The van der Waals surface area contributed by atoms with Gasteiger partial charge in [0.05, 0.1) is 19.1 Å². The number of thioether (sulfide) groups is 1.